The average molecular weight is 260 g/mol. The first-order valence-corrected chi connectivity index (χ1v) is 5.81. The number of aryl methyl sites for hydroxylation is 1. The SMILES string of the molecule is Cn1nnc(NC(=O)C(C)(C)c2ccc(N)cc2)n1. The molecule has 0 aliphatic carbocycles. The Morgan fingerprint density at radius 2 is 1.95 bits per heavy atom. The zero-order valence-corrected chi connectivity index (χ0v) is 11.1. The maximum absolute atomic E-state index is 12.3. The number of tetrazole rings is 1. The van der Waals surface area contributed by atoms with Crippen molar-refractivity contribution in [1.29, 1.82) is 0 Å². The topological polar surface area (TPSA) is 98.7 Å². The molecule has 1 aromatic heterocycles. The first-order valence-electron chi connectivity index (χ1n) is 5.81. The van der Waals surface area contributed by atoms with Gasteiger partial charge in [0.1, 0.15) is 0 Å². The second-order valence-electron chi connectivity index (χ2n) is 4.80. The minimum Gasteiger partial charge on any atom is -0.399 e. The molecule has 0 aliphatic heterocycles. The lowest BCUT2D eigenvalue weighted by molar-refractivity contribution is -0.120. The molecule has 19 heavy (non-hydrogen) atoms. The summed E-state index contributed by atoms with van der Waals surface area (Å²) in [5, 5.41) is 13.9. The van der Waals surface area contributed by atoms with Crippen molar-refractivity contribution in [3.05, 3.63) is 29.8 Å². The summed E-state index contributed by atoms with van der Waals surface area (Å²) < 4.78 is 0. The van der Waals surface area contributed by atoms with Gasteiger partial charge in [0.2, 0.25) is 5.91 Å². The number of nitrogens with one attached hydrogen (secondary N) is 1. The van der Waals surface area contributed by atoms with Gasteiger partial charge in [0, 0.05) is 5.69 Å². The molecular weight excluding hydrogens is 244 g/mol. The molecule has 100 valence electrons. The Morgan fingerprint density at radius 3 is 2.47 bits per heavy atom. The van der Waals surface area contributed by atoms with Gasteiger partial charge in [-0.3, -0.25) is 10.1 Å². The number of nitrogen functional groups attached to an aromatic ring is 1. The van der Waals surface area contributed by atoms with Crippen molar-refractivity contribution in [3.63, 3.8) is 0 Å². The number of anilines is 2. The highest BCUT2D eigenvalue weighted by Crippen LogP contribution is 2.25. The van der Waals surface area contributed by atoms with E-state index in [1.165, 1.54) is 4.80 Å². The Hall–Kier alpha value is -2.44. The minimum absolute atomic E-state index is 0.191. The van der Waals surface area contributed by atoms with Crippen molar-refractivity contribution in [2.45, 2.75) is 19.3 Å². The first-order chi connectivity index (χ1) is 8.89. The Morgan fingerprint density at radius 1 is 1.32 bits per heavy atom. The highest BCUT2D eigenvalue weighted by molar-refractivity contribution is 5.97. The van der Waals surface area contributed by atoms with Gasteiger partial charge in [-0.1, -0.05) is 17.2 Å². The van der Waals surface area contributed by atoms with E-state index < -0.39 is 5.41 Å². The molecule has 0 fully saturated rings. The van der Waals surface area contributed by atoms with Crippen LogP contribution in [0.25, 0.3) is 0 Å². The first kappa shape index (κ1) is 13.0. The Labute approximate surface area is 110 Å². The summed E-state index contributed by atoms with van der Waals surface area (Å²) >= 11 is 0. The maximum Gasteiger partial charge on any atom is 0.270 e. The predicted molar refractivity (Wildman–Crippen MR) is 71.3 cm³/mol. The van der Waals surface area contributed by atoms with Crippen molar-refractivity contribution in [1.82, 2.24) is 20.2 Å². The van der Waals surface area contributed by atoms with Crippen molar-refractivity contribution in [2.75, 3.05) is 11.1 Å². The second-order valence-corrected chi connectivity index (χ2v) is 4.80. The van der Waals surface area contributed by atoms with Crippen LogP contribution in [0.5, 0.6) is 0 Å². The molecule has 1 aromatic carbocycles. The summed E-state index contributed by atoms with van der Waals surface area (Å²) in [6.07, 6.45) is 0. The summed E-state index contributed by atoms with van der Waals surface area (Å²) in [6, 6.07) is 7.20. The normalized spacial score (nSPS) is 11.3. The molecule has 2 rings (SSSR count). The van der Waals surface area contributed by atoms with Gasteiger partial charge < -0.3 is 5.73 Å². The number of carbonyl (C=O) groups excluding carboxylic acids is 1. The number of benzene rings is 1. The number of nitrogens with two attached hydrogens (primary N) is 1. The van der Waals surface area contributed by atoms with Crippen LogP contribution in [0, 0.1) is 0 Å². The van der Waals surface area contributed by atoms with E-state index in [0.717, 1.165) is 5.56 Å². The Kier molecular flexibility index (Phi) is 3.20. The molecule has 7 nitrogen and oxygen atoms in total. The summed E-state index contributed by atoms with van der Waals surface area (Å²) in [6.45, 7) is 3.65. The van der Waals surface area contributed by atoms with Crippen LogP contribution >= 0.6 is 0 Å². The highest BCUT2D eigenvalue weighted by Gasteiger charge is 2.30. The van der Waals surface area contributed by atoms with E-state index in [0.29, 0.717) is 5.69 Å². The molecular formula is C12H16N6O. The molecule has 0 bridgehead atoms. The number of hydrogen-bond donors (Lipinski definition) is 2. The third-order valence-corrected chi connectivity index (χ3v) is 2.93. The van der Waals surface area contributed by atoms with Crippen LogP contribution in [-0.2, 0) is 17.3 Å². The van der Waals surface area contributed by atoms with E-state index in [1.807, 2.05) is 26.0 Å². The Bertz CT molecular complexity index is 587. The molecule has 7 heteroatoms. The standard InChI is InChI=1S/C12H16N6O/c1-12(2,8-4-6-9(13)7-5-8)10(19)14-11-15-17-18(3)16-11/h4-7H,13H2,1-3H3,(H,14,16,19). The van der Waals surface area contributed by atoms with Crippen LogP contribution in [0.1, 0.15) is 19.4 Å². The fraction of sp³-hybridized carbons (Fsp3) is 0.333. The Balaban J connectivity index is 2.19. The number of nitrogens with zero attached hydrogens (tertiary/aromatic N) is 4. The number of aromatic nitrogens is 4. The van der Waals surface area contributed by atoms with Gasteiger partial charge in [-0.2, -0.15) is 4.80 Å². The van der Waals surface area contributed by atoms with Gasteiger partial charge in [0.15, 0.2) is 0 Å². The van der Waals surface area contributed by atoms with Crippen molar-refractivity contribution in [3.8, 4) is 0 Å². The third kappa shape index (κ3) is 2.70. The number of rotatable bonds is 3. The highest BCUT2D eigenvalue weighted by atomic mass is 16.2. The zero-order valence-electron chi connectivity index (χ0n) is 11.1. The number of carbonyl (C=O) groups is 1. The maximum atomic E-state index is 12.3. The van der Waals surface area contributed by atoms with Gasteiger partial charge in [0.25, 0.3) is 5.95 Å². The van der Waals surface area contributed by atoms with Crippen molar-refractivity contribution in [2.24, 2.45) is 7.05 Å². The van der Waals surface area contributed by atoms with E-state index >= 15 is 0 Å². The van der Waals surface area contributed by atoms with Crippen LogP contribution < -0.4 is 11.1 Å². The van der Waals surface area contributed by atoms with Gasteiger partial charge in [-0.25, -0.2) is 0 Å². The molecule has 0 atom stereocenters. The molecule has 2 aromatic rings. The van der Waals surface area contributed by atoms with Gasteiger partial charge in [-0.15, -0.1) is 5.10 Å². The molecule has 0 saturated heterocycles. The predicted octanol–water partition coefficient (Wildman–Crippen LogP) is 0.709. The molecule has 0 unspecified atom stereocenters. The summed E-state index contributed by atoms with van der Waals surface area (Å²) in [4.78, 5) is 13.6. The van der Waals surface area contributed by atoms with E-state index in [4.69, 9.17) is 5.73 Å². The average Bonchev–Trinajstić information content (AvgIpc) is 2.75. The molecule has 0 aliphatic rings. The van der Waals surface area contributed by atoms with Crippen molar-refractivity contribution >= 4 is 17.5 Å². The van der Waals surface area contributed by atoms with E-state index in [-0.39, 0.29) is 11.9 Å². The molecule has 1 heterocycles. The largest absolute Gasteiger partial charge is 0.399 e. The van der Waals surface area contributed by atoms with Crippen LogP contribution in [0.3, 0.4) is 0 Å². The zero-order chi connectivity index (χ0) is 14.0. The van der Waals surface area contributed by atoms with E-state index in [2.05, 4.69) is 20.7 Å². The van der Waals surface area contributed by atoms with E-state index in [9.17, 15) is 4.79 Å². The number of hydrogen-bond acceptors (Lipinski definition) is 5. The van der Waals surface area contributed by atoms with Crippen molar-refractivity contribution < 1.29 is 4.79 Å². The monoisotopic (exact) mass is 260 g/mol. The lowest BCUT2D eigenvalue weighted by Gasteiger charge is -2.23. The van der Waals surface area contributed by atoms with Crippen LogP contribution in [0.15, 0.2) is 24.3 Å². The van der Waals surface area contributed by atoms with Crippen LogP contribution in [0.2, 0.25) is 0 Å². The number of amides is 1. The summed E-state index contributed by atoms with van der Waals surface area (Å²) in [5.74, 6) is -0.0127. The molecule has 3 N–H and O–H groups in total. The minimum atomic E-state index is -0.715. The molecule has 0 saturated carbocycles. The van der Waals surface area contributed by atoms with Gasteiger partial charge in [-0.05, 0) is 36.8 Å². The summed E-state index contributed by atoms with van der Waals surface area (Å²) in [7, 11) is 1.63. The molecule has 1 amide bonds. The van der Waals surface area contributed by atoms with E-state index in [1.54, 1.807) is 19.2 Å². The van der Waals surface area contributed by atoms with Crippen LogP contribution in [-0.4, -0.2) is 26.1 Å². The lowest BCUT2D eigenvalue weighted by Crippen LogP contribution is -2.35. The quantitative estimate of drug-likeness (QED) is 0.792. The van der Waals surface area contributed by atoms with Gasteiger partial charge >= 0.3 is 0 Å². The summed E-state index contributed by atoms with van der Waals surface area (Å²) in [5.41, 5.74) is 6.45. The molecule has 0 spiro atoms. The van der Waals surface area contributed by atoms with Crippen LogP contribution in [0.4, 0.5) is 11.6 Å². The fourth-order valence-electron chi connectivity index (χ4n) is 1.62. The second kappa shape index (κ2) is 4.68. The lowest BCUT2D eigenvalue weighted by atomic mass is 9.83. The smallest absolute Gasteiger partial charge is 0.270 e. The molecule has 0 radical (unpaired) electrons. The third-order valence-electron chi connectivity index (χ3n) is 2.93. The van der Waals surface area contributed by atoms with Gasteiger partial charge in [0.05, 0.1) is 12.5 Å². The fourth-order valence-corrected chi connectivity index (χ4v) is 1.62.